The maximum Gasteiger partial charge on any atom is 0.401 e. The molecule has 0 aromatic rings. The summed E-state index contributed by atoms with van der Waals surface area (Å²) in [5.41, 5.74) is 0. The van der Waals surface area contributed by atoms with Crippen LogP contribution in [0.5, 0.6) is 0 Å². The van der Waals surface area contributed by atoms with E-state index in [1.165, 1.54) is 0 Å². The molecule has 0 fully saturated rings. The molecule has 0 aliphatic carbocycles. The molecule has 0 aromatic carbocycles. The predicted octanol–water partition coefficient (Wildman–Crippen LogP) is 3.55. The second kappa shape index (κ2) is 3.59. The Balaban J connectivity index is 4.70. The van der Waals surface area contributed by atoms with Gasteiger partial charge in [-0.15, -0.1) is 0 Å². The van der Waals surface area contributed by atoms with Crippen LogP contribution in [-0.2, 0) is 0 Å². The summed E-state index contributed by atoms with van der Waals surface area (Å²) in [6.07, 6.45) is -10.4. The van der Waals surface area contributed by atoms with Crippen molar-refractivity contribution >= 4 is 22.6 Å². The molecule has 0 aromatic heterocycles. The van der Waals surface area contributed by atoms with E-state index in [1.807, 2.05) is 0 Å². The Morgan fingerprint density at radius 1 is 0.917 bits per heavy atom. The van der Waals surface area contributed by atoms with Gasteiger partial charge in [0.2, 0.25) is 0 Å². The van der Waals surface area contributed by atoms with Crippen LogP contribution in [0.1, 0.15) is 6.92 Å². The van der Waals surface area contributed by atoms with Crippen molar-refractivity contribution in [1.29, 1.82) is 0 Å². The fourth-order valence-corrected chi connectivity index (χ4v) is 1.52. The minimum Gasteiger partial charge on any atom is -0.170 e. The van der Waals surface area contributed by atoms with E-state index in [0.29, 0.717) is 0 Å². The molecule has 0 bridgehead atoms. The van der Waals surface area contributed by atoms with Gasteiger partial charge in [-0.05, 0) is 0 Å². The highest BCUT2D eigenvalue weighted by Gasteiger charge is 2.58. The summed E-state index contributed by atoms with van der Waals surface area (Å²) in [4.78, 5) is 0. The lowest BCUT2D eigenvalue weighted by molar-refractivity contribution is -0.281. The number of hydrogen-bond donors (Lipinski definition) is 0. The Labute approximate surface area is 78.5 Å². The molecule has 7 heteroatoms. The molecule has 0 heterocycles. The zero-order valence-corrected chi connectivity index (χ0v) is 7.96. The van der Waals surface area contributed by atoms with Gasteiger partial charge >= 0.3 is 12.4 Å². The Kier molecular flexibility index (Phi) is 3.68. The normalized spacial score (nSPS) is 16.8. The van der Waals surface area contributed by atoms with Gasteiger partial charge < -0.3 is 0 Å². The van der Waals surface area contributed by atoms with E-state index in [9.17, 15) is 26.3 Å². The average molecular weight is 306 g/mol. The first kappa shape index (κ1) is 12.3. The van der Waals surface area contributed by atoms with Gasteiger partial charge in [0.25, 0.3) is 0 Å². The zero-order chi connectivity index (χ0) is 10.2. The summed E-state index contributed by atoms with van der Waals surface area (Å²) in [6.45, 7) is 0.881. The van der Waals surface area contributed by atoms with Gasteiger partial charge in [0.05, 0.1) is 0 Å². The third-order valence-corrected chi connectivity index (χ3v) is 1.88. The smallest absolute Gasteiger partial charge is 0.170 e. The van der Waals surface area contributed by atoms with E-state index in [4.69, 9.17) is 0 Å². The number of alkyl halides is 7. The van der Waals surface area contributed by atoms with Crippen LogP contribution >= 0.6 is 22.6 Å². The van der Waals surface area contributed by atoms with Gasteiger partial charge in [-0.25, -0.2) is 0 Å². The molecule has 0 saturated heterocycles. The van der Waals surface area contributed by atoms with Gasteiger partial charge in [0.15, 0.2) is 5.92 Å². The van der Waals surface area contributed by atoms with Crippen molar-refractivity contribution in [2.45, 2.75) is 23.2 Å². The van der Waals surface area contributed by atoms with Crippen LogP contribution in [0.3, 0.4) is 0 Å². The van der Waals surface area contributed by atoms with Crippen LogP contribution in [0.4, 0.5) is 26.3 Å². The van der Waals surface area contributed by atoms with Gasteiger partial charge in [-0.3, -0.25) is 0 Å². The Bertz CT molecular complexity index is 131. The summed E-state index contributed by atoms with van der Waals surface area (Å²) in [7, 11) is 0. The summed E-state index contributed by atoms with van der Waals surface area (Å²) >= 11 is 1.11. The maximum absolute atomic E-state index is 11.7. The molecule has 0 saturated carbocycles. The molecule has 0 aliphatic heterocycles. The van der Waals surface area contributed by atoms with Crippen LogP contribution in [-0.4, -0.2) is 16.3 Å². The van der Waals surface area contributed by atoms with Crippen LogP contribution in [0.2, 0.25) is 0 Å². The van der Waals surface area contributed by atoms with E-state index in [0.717, 1.165) is 29.5 Å². The highest BCUT2D eigenvalue weighted by atomic mass is 127. The van der Waals surface area contributed by atoms with Crippen molar-refractivity contribution in [3.63, 3.8) is 0 Å². The molecule has 0 nitrogen and oxygen atoms in total. The molecule has 12 heavy (non-hydrogen) atoms. The standard InChI is InChI=1S/C5H5F6I/c1-2(12)3(4(6,7)8)5(9,10)11/h2-3H,1H3/t2-/m1/s1. The Morgan fingerprint density at radius 3 is 1.17 bits per heavy atom. The van der Waals surface area contributed by atoms with Crippen LogP contribution in [0.25, 0.3) is 0 Å². The first-order valence-electron chi connectivity index (χ1n) is 2.84. The molecule has 1 atom stereocenters. The fourth-order valence-electron chi connectivity index (χ4n) is 0.706. The Hall–Kier alpha value is 0.310. The number of rotatable bonds is 1. The topological polar surface area (TPSA) is 0 Å². The van der Waals surface area contributed by atoms with Gasteiger partial charge in [-0.1, -0.05) is 29.5 Å². The Morgan fingerprint density at radius 2 is 1.17 bits per heavy atom. The highest BCUT2D eigenvalue weighted by molar-refractivity contribution is 14.1. The monoisotopic (exact) mass is 306 g/mol. The minimum absolute atomic E-state index is 0.881. The third kappa shape index (κ3) is 3.36. The third-order valence-electron chi connectivity index (χ3n) is 1.16. The second-order valence-corrected chi connectivity index (χ2v) is 4.20. The SMILES string of the molecule is C[C@@H](I)C(C(F)(F)F)C(F)(F)F. The zero-order valence-electron chi connectivity index (χ0n) is 5.80. The lowest BCUT2D eigenvalue weighted by atomic mass is 10.1. The summed E-state index contributed by atoms with van der Waals surface area (Å²) in [5, 5.41) is 0. The lowest BCUT2D eigenvalue weighted by Gasteiger charge is -2.24. The van der Waals surface area contributed by atoms with Gasteiger partial charge in [0.1, 0.15) is 0 Å². The van der Waals surface area contributed by atoms with Crippen LogP contribution in [0.15, 0.2) is 0 Å². The molecule has 0 radical (unpaired) electrons. The predicted molar refractivity (Wildman–Crippen MR) is 39.1 cm³/mol. The van der Waals surface area contributed by atoms with Gasteiger partial charge in [-0.2, -0.15) is 26.3 Å². The fraction of sp³-hybridized carbons (Fsp3) is 1.00. The van der Waals surface area contributed by atoms with Crippen LogP contribution < -0.4 is 0 Å². The van der Waals surface area contributed by atoms with Crippen LogP contribution in [0, 0.1) is 5.92 Å². The molecular formula is C5H5F6I. The van der Waals surface area contributed by atoms with Crippen molar-refractivity contribution < 1.29 is 26.3 Å². The molecule has 0 amide bonds. The lowest BCUT2D eigenvalue weighted by Crippen LogP contribution is -2.41. The van der Waals surface area contributed by atoms with Gasteiger partial charge in [0, 0.05) is 3.92 Å². The highest BCUT2D eigenvalue weighted by Crippen LogP contribution is 2.43. The summed E-state index contributed by atoms with van der Waals surface area (Å²) in [6, 6.07) is 0. The van der Waals surface area contributed by atoms with Crippen molar-refractivity contribution in [3.8, 4) is 0 Å². The number of halogens is 7. The summed E-state index contributed by atoms with van der Waals surface area (Å²) in [5.74, 6) is -3.23. The molecule has 0 N–H and O–H groups in total. The van der Waals surface area contributed by atoms with E-state index < -0.39 is 22.2 Å². The second-order valence-electron chi connectivity index (χ2n) is 2.24. The molecule has 0 rings (SSSR count). The summed E-state index contributed by atoms with van der Waals surface area (Å²) < 4.78 is 68.9. The van der Waals surface area contributed by atoms with E-state index >= 15 is 0 Å². The first-order valence-corrected chi connectivity index (χ1v) is 4.09. The largest absolute Gasteiger partial charge is 0.401 e. The minimum atomic E-state index is -5.21. The quantitative estimate of drug-likeness (QED) is 0.395. The van der Waals surface area contributed by atoms with Crippen molar-refractivity contribution in [3.05, 3.63) is 0 Å². The van der Waals surface area contributed by atoms with E-state index in [1.54, 1.807) is 0 Å². The number of hydrogen-bond acceptors (Lipinski definition) is 0. The molecule has 0 aliphatic rings. The molecule has 74 valence electrons. The maximum atomic E-state index is 11.7. The van der Waals surface area contributed by atoms with Crippen molar-refractivity contribution in [2.75, 3.05) is 0 Å². The first-order chi connectivity index (χ1) is 5.07. The molecular weight excluding hydrogens is 301 g/mol. The van der Waals surface area contributed by atoms with Crippen molar-refractivity contribution in [2.24, 2.45) is 5.92 Å². The van der Waals surface area contributed by atoms with E-state index in [2.05, 4.69) is 0 Å². The molecule has 0 unspecified atom stereocenters. The average Bonchev–Trinajstić information content (AvgIpc) is 1.49. The van der Waals surface area contributed by atoms with Crippen molar-refractivity contribution in [1.82, 2.24) is 0 Å². The van der Waals surface area contributed by atoms with E-state index in [-0.39, 0.29) is 0 Å². The molecule has 0 spiro atoms.